The number of anilines is 1. The van der Waals surface area contributed by atoms with E-state index in [4.69, 9.17) is 16.3 Å². The Hall–Kier alpha value is -2.45. The van der Waals surface area contributed by atoms with Crippen LogP contribution in [0.1, 0.15) is 22.6 Å². The van der Waals surface area contributed by atoms with Crippen LogP contribution in [0, 0.1) is 12.7 Å². The third-order valence-electron chi connectivity index (χ3n) is 5.11. The molecule has 2 aromatic rings. The number of urea groups is 1. The van der Waals surface area contributed by atoms with Crippen LogP contribution in [0.5, 0.6) is 0 Å². The zero-order valence-electron chi connectivity index (χ0n) is 17.8. The summed E-state index contributed by atoms with van der Waals surface area (Å²) in [5, 5.41) is 0.367. The molecule has 9 heteroatoms. The predicted molar refractivity (Wildman–Crippen MR) is 115 cm³/mol. The molecule has 0 atom stereocenters. The molecule has 3 rings (SSSR count). The maximum absolute atomic E-state index is 14.5. The molecular weight excluding hydrogens is 409 g/mol. The minimum Gasteiger partial charge on any atom is -0.378 e. The van der Waals surface area contributed by atoms with Gasteiger partial charge in [-0.25, -0.2) is 19.2 Å². The van der Waals surface area contributed by atoms with E-state index in [1.807, 2.05) is 11.8 Å². The summed E-state index contributed by atoms with van der Waals surface area (Å²) in [4.78, 5) is 27.0. The number of nitrogens with zero attached hydrogens (tertiary/aromatic N) is 5. The summed E-state index contributed by atoms with van der Waals surface area (Å²) in [5.41, 5.74) is 1.92. The highest BCUT2D eigenvalue weighted by Gasteiger charge is 2.26. The quantitative estimate of drug-likeness (QED) is 0.722. The third-order valence-corrected chi connectivity index (χ3v) is 5.47. The maximum Gasteiger partial charge on any atom is 0.319 e. The van der Waals surface area contributed by atoms with E-state index < -0.39 is 0 Å². The van der Waals surface area contributed by atoms with Crippen LogP contribution in [-0.4, -0.2) is 73.2 Å². The van der Waals surface area contributed by atoms with E-state index in [9.17, 15) is 9.18 Å². The Labute approximate surface area is 181 Å². The van der Waals surface area contributed by atoms with Crippen LogP contribution < -0.4 is 4.90 Å². The van der Waals surface area contributed by atoms with Gasteiger partial charge in [-0.15, -0.1) is 0 Å². The summed E-state index contributed by atoms with van der Waals surface area (Å²) in [5.74, 6) is 0.997. The molecule has 1 aliphatic rings. The second-order valence-corrected chi connectivity index (χ2v) is 7.89. The maximum atomic E-state index is 14.5. The van der Waals surface area contributed by atoms with Crippen molar-refractivity contribution in [3.63, 3.8) is 0 Å². The molecule has 1 aromatic heterocycles. The van der Waals surface area contributed by atoms with Gasteiger partial charge in [-0.05, 0) is 19.1 Å². The number of amides is 2. The number of aryl methyl sites for hydroxylation is 1. The van der Waals surface area contributed by atoms with Gasteiger partial charge in [0.1, 0.15) is 17.5 Å². The predicted octanol–water partition coefficient (Wildman–Crippen LogP) is 3.12. The minimum atomic E-state index is -0.362. The molecule has 0 N–H and O–H groups in total. The average Bonchev–Trinajstić information content (AvgIpc) is 2.71. The molecule has 0 radical (unpaired) electrons. The van der Waals surface area contributed by atoms with Gasteiger partial charge in [0.15, 0.2) is 0 Å². The molecule has 1 fully saturated rings. The zero-order chi connectivity index (χ0) is 21.8. The number of ether oxygens (including phenoxy) is 1. The number of rotatable bonds is 5. The van der Waals surface area contributed by atoms with Gasteiger partial charge in [0.05, 0.1) is 12.3 Å². The van der Waals surface area contributed by atoms with Gasteiger partial charge in [0.2, 0.25) is 0 Å². The van der Waals surface area contributed by atoms with Gasteiger partial charge in [0.25, 0.3) is 0 Å². The number of piperazine rings is 1. The van der Waals surface area contributed by atoms with Crippen molar-refractivity contribution in [2.45, 2.75) is 20.0 Å². The van der Waals surface area contributed by atoms with Crippen molar-refractivity contribution in [1.29, 1.82) is 0 Å². The summed E-state index contributed by atoms with van der Waals surface area (Å²) in [7, 11) is 5.09. The highest BCUT2D eigenvalue weighted by Crippen LogP contribution is 2.29. The van der Waals surface area contributed by atoms with Crippen LogP contribution in [0.25, 0.3) is 0 Å². The fourth-order valence-electron chi connectivity index (χ4n) is 3.61. The molecule has 1 saturated heterocycles. The Morgan fingerprint density at radius 2 is 1.90 bits per heavy atom. The van der Waals surface area contributed by atoms with Crippen LogP contribution >= 0.6 is 11.6 Å². The molecule has 1 aliphatic heterocycles. The number of hydrogen-bond acceptors (Lipinski definition) is 5. The standard InChI is InChI=1S/C21H27ClFN5O2/c1-14-24-19(13-30-4)16(12-15-17(22)6-5-7-18(15)23)20(25-14)27-8-10-28(11-9-27)21(29)26(2)3/h5-7H,8-13H2,1-4H3. The number of carbonyl (C=O) groups excluding carboxylic acids is 1. The number of methoxy groups -OCH3 is 1. The molecule has 0 aliphatic carbocycles. The van der Waals surface area contributed by atoms with Gasteiger partial charge in [-0.3, -0.25) is 0 Å². The van der Waals surface area contributed by atoms with Crippen molar-refractivity contribution in [1.82, 2.24) is 19.8 Å². The normalized spacial score (nSPS) is 14.2. The first kappa shape index (κ1) is 22.2. The van der Waals surface area contributed by atoms with Crippen LogP contribution in [-0.2, 0) is 17.8 Å². The summed E-state index contributed by atoms with van der Waals surface area (Å²) < 4.78 is 19.8. The van der Waals surface area contributed by atoms with Crippen molar-refractivity contribution < 1.29 is 13.9 Å². The molecule has 1 aromatic carbocycles. The van der Waals surface area contributed by atoms with Crippen LogP contribution in [0.15, 0.2) is 18.2 Å². The van der Waals surface area contributed by atoms with Gasteiger partial charge in [-0.2, -0.15) is 0 Å². The minimum absolute atomic E-state index is 0.00745. The molecule has 0 spiro atoms. The average molecular weight is 436 g/mol. The van der Waals surface area contributed by atoms with E-state index >= 15 is 0 Å². The lowest BCUT2D eigenvalue weighted by Gasteiger charge is -2.37. The molecule has 162 valence electrons. The SMILES string of the molecule is COCc1nc(C)nc(N2CCN(C(=O)N(C)C)CC2)c1Cc1c(F)cccc1Cl. The first-order valence-electron chi connectivity index (χ1n) is 9.81. The van der Waals surface area contributed by atoms with Crippen molar-refractivity contribution in [2.24, 2.45) is 0 Å². The summed E-state index contributed by atoms with van der Waals surface area (Å²) in [6.45, 7) is 4.53. The topological polar surface area (TPSA) is 61.8 Å². The van der Waals surface area contributed by atoms with E-state index in [0.717, 1.165) is 11.4 Å². The Kier molecular flexibility index (Phi) is 7.10. The molecule has 0 unspecified atom stereocenters. The van der Waals surface area contributed by atoms with Gasteiger partial charge in [-0.1, -0.05) is 17.7 Å². The Morgan fingerprint density at radius 1 is 1.20 bits per heavy atom. The monoisotopic (exact) mass is 435 g/mol. The molecule has 7 nitrogen and oxygen atoms in total. The van der Waals surface area contributed by atoms with Crippen LogP contribution in [0.2, 0.25) is 5.02 Å². The van der Waals surface area contributed by atoms with Crippen LogP contribution in [0.4, 0.5) is 15.0 Å². The van der Waals surface area contributed by atoms with Crippen molar-refractivity contribution in [3.8, 4) is 0 Å². The molecule has 2 amide bonds. The number of carbonyl (C=O) groups is 1. The second kappa shape index (κ2) is 9.57. The van der Waals surface area contributed by atoms with Crippen molar-refractivity contribution in [2.75, 3.05) is 52.3 Å². The van der Waals surface area contributed by atoms with Gasteiger partial charge in [0, 0.05) is 70.0 Å². The van der Waals surface area contributed by atoms with Gasteiger partial charge >= 0.3 is 6.03 Å². The van der Waals surface area contributed by atoms with E-state index in [-0.39, 0.29) is 24.9 Å². The van der Waals surface area contributed by atoms with E-state index in [1.165, 1.54) is 6.07 Å². The number of hydrogen-bond donors (Lipinski definition) is 0. The molecule has 0 saturated carbocycles. The smallest absolute Gasteiger partial charge is 0.319 e. The molecular formula is C21H27ClFN5O2. The zero-order valence-corrected chi connectivity index (χ0v) is 18.5. The lowest BCUT2D eigenvalue weighted by Crippen LogP contribution is -2.52. The Morgan fingerprint density at radius 3 is 2.50 bits per heavy atom. The molecule has 2 heterocycles. The summed E-state index contributed by atoms with van der Waals surface area (Å²) in [6, 6.07) is 4.66. The highest BCUT2D eigenvalue weighted by molar-refractivity contribution is 6.31. The number of aromatic nitrogens is 2. The van der Waals surface area contributed by atoms with E-state index in [0.29, 0.717) is 48.3 Å². The molecule has 30 heavy (non-hydrogen) atoms. The fraction of sp³-hybridized carbons (Fsp3) is 0.476. The highest BCUT2D eigenvalue weighted by atomic mass is 35.5. The van der Waals surface area contributed by atoms with E-state index in [1.54, 1.807) is 38.2 Å². The summed E-state index contributed by atoms with van der Waals surface area (Å²) >= 11 is 6.29. The fourth-order valence-corrected chi connectivity index (χ4v) is 3.84. The Balaban J connectivity index is 1.95. The van der Waals surface area contributed by atoms with Gasteiger partial charge < -0.3 is 19.4 Å². The van der Waals surface area contributed by atoms with Crippen molar-refractivity contribution in [3.05, 3.63) is 51.7 Å². The first-order valence-corrected chi connectivity index (χ1v) is 10.2. The third kappa shape index (κ3) is 4.82. The second-order valence-electron chi connectivity index (χ2n) is 7.48. The van der Waals surface area contributed by atoms with E-state index in [2.05, 4.69) is 14.9 Å². The molecule has 0 bridgehead atoms. The first-order chi connectivity index (χ1) is 14.3. The number of benzene rings is 1. The lowest BCUT2D eigenvalue weighted by molar-refractivity contribution is 0.167. The largest absolute Gasteiger partial charge is 0.378 e. The van der Waals surface area contributed by atoms with Crippen molar-refractivity contribution >= 4 is 23.4 Å². The number of halogens is 2. The summed E-state index contributed by atoms with van der Waals surface area (Å²) in [6.07, 6.45) is 0.261. The van der Waals surface area contributed by atoms with Crippen LogP contribution in [0.3, 0.4) is 0 Å². The Bertz CT molecular complexity index is 896. The lowest BCUT2D eigenvalue weighted by atomic mass is 10.0.